The SMILES string of the molecule is C=C(NCC1CCCCC1)c1ccc(-c2cc(C(C)(F)F)n(C)n2)s1. The highest BCUT2D eigenvalue weighted by Gasteiger charge is 2.29. The van der Waals surface area contributed by atoms with Gasteiger partial charge in [-0.1, -0.05) is 25.8 Å². The Morgan fingerprint density at radius 3 is 2.72 bits per heavy atom. The smallest absolute Gasteiger partial charge is 0.286 e. The van der Waals surface area contributed by atoms with Crippen LogP contribution in [0.5, 0.6) is 0 Å². The molecule has 0 amide bonds. The van der Waals surface area contributed by atoms with E-state index in [0.29, 0.717) is 5.69 Å². The lowest BCUT2D eigenvalue weighted by Crippen LogP contribution is -2.22. The Labute approximate surface area is 151 Å². The van der Waals surface area contributed by atoms with Crippen molar-refractivity contribution < 1.29 is 8.78 Å². The van der Waals surface area contributed by atoms with Crippen LogP contribution in [0.4, 0.5) is 8.78 Å². The molecular weight excluding hydrogens is 340 g/mol. The van der Waals surface area contributed by atoms with Crippen molar-refractivity contribution in [2.75, 3.05) is 6.54 Å². The molecule has 0 radical (unpaired) electrons. The van der Waals surface area contributed by atoms with Gasteiger partial charge in [0.1, 0.15) is 11.4 Å². The van der Waals surface area contributed by atoms with E-state index in [9.17, 15) is 8.78 Å². The number of hydrogen-bond donors (Lipinski definition) is 1. The number of rotatable bonds is 6. The molecule has 0 unspecified atom stereocenters. The summed E-state index contributed by atoms with van der Waals surface area (Å²) in [6.07, 6.45) is 6.59. The van der Waals surface area contributed by atoms with Crippen molar-refractivity contribution in [1.29, 1.82) is 0 Å². The summed E-state index contributed by atoms with van der Waals surface area (Å²) >= 11 is 1.53. The van der Waals surface area contributed by atoms with E-state index in [4.69, 9.17) is 0 Å². The molecule has 25 heavy (non-hydrogen) atoms. The highest BCUT2D eigenvalue weighted by molar-refractivity contribution is 7.16. The van der Waals surface area contributed by atoms with Gasteiger partial charge in [0, 0.05) is 26.2 Å². The fraction of sp³-hybridized carbons (Fsp3) is 0.526. The Hall–Kier alpha value is -1.69. The summed E-state index contributed by atoms with van der Waals surface area (Å²) in [7, 11) is 1.55. The van der Waals surface area contributed by atoms with E-state index in [0.717, 1.165) is 34.8 Å². The van der Waals surface area contributed by atoms with Gasteiger partial charge in [-0.3, -0.25) is 4.68 Å². The molecule has 0 aliphatic heterocycles. The van der Waals surface area contributed by atoms with Crippen LogP contribution in [0.25, 0.3) is 16.3 Å². The second kappa shape index (κ2) is 7.28. The van der Waals surface area contributed by atoms with Crippen LogP contribution in [0.3, 0.4) is 0 Å². The minimum atomic E-state index is -2.90. The van der Waals surface area contributed by atoms with E-state index in [2.05, 4.69) is 17.0 Å². The average molecular weight is 365 g/mol. The van der Waals surface area contributed by atoms with Gasteiger partial charge in [0.25, 0.3) is 5.92 Å². The number of thiophene rings is 1. The molecule has 1 saturated carbocycles. The molecule has 1 N–H and O–H groups in total. The molecule has 0 saturated heterocycles. The van der Waals surface area contributed by atoms with Gasteiger partial charge in [0.05, 0.1) is 9.75 Å². The van der Waals surface area contributed by atoms with Crippen molar-refractivity contribution in [1.82, 2.24) is 15.1 Å². The van der Waals surface area contributed by atoms with E-state index < -0.39 is 5.92 Å². The molecule has 0 aromatic carbocycles. The lowest BCUT2D eigenvalue weighted by molar-refractivity contribution is 0.00883. The van der Waals surface area contributed by atoms with Crippen molar-refractivity contribution in [3.05, 3.63) is 35.3 Å². The van der Waals surface area contributed by atoms with Crippen LogP contribution >= 0.6 is 11.3 Å². The monoisotopic (exact) mass is 365 g/mol. The predicted molar refractivity (Wildman–Crippen MR) is 99.7 cm³/mol. The molecule has 2 aromatic heterocycles. The molecule has 1 aliphatic carbocycles. The first-order valence-electron chi connectivity index (χ1n) is 8.80. The molecule has 0 atom stereocenters. The lowest BCUT2D eigenvalue weighted by Gasteiger charge is -2.22. The summed E-state index contributed by atoms with van der Waals surface area (Å²) in [6, 6.07) is 5.37. The molecule has 136 valence electrons. The van der Waals surface area contributed by atoms with Gasteiger partial charge in [0.2, 0.25) is 0 Å². The Kier molecular flexibility index (Phi) is 5.27. The van der Waals surface area contributed by atoms with Gasteiger partial charge in [-0.05, 0) is 37.0 Å². The van der Waals surface area contributed by atoms with Gasteiger partial charge in [-0.15, -0.1) is 11.3 Å². The average Bonchev–Trinajstić information content (AvgIpc) is 3.19. The molecule has 0 bridgehead atoms. The molecule has 0 spiro atoms. The van der Waals surface area contributed by atoms with Gasteiger partial charge >= 0.3 is 0 Å². The maximum absolute atomic E-state index is 13.6. The molecular formula is C19H25F2N3S. The fourth-order valence-corrected chi connectivity index (χ4v) is 4.29. The second-order valence-electron chi connectivity index (χ2n) is 6.95. The maximum Gasteiger partial charge on any atom is 0.286 e. The lowest BCUT2D eigenvalue weighted by atomic mass is 9.89. The Morgan fingerprint density at radius 2 is 2.08 bits per heavy atom. The zero-order chi connectivity index (χ0) is 18.0. The van der Waals surface area contributed by atoms with E-state index in [1.807, 2.05) is 12.1 Å². The largest absolute Gasteiger partial charge is 0.384 e. The molecule has 2 aromatic rings. The normalized spacial score (nSPS) is 16.2. The summed E-state index contributed by atoms with van der Waals surface area (Å²) in [5.74, 6) is -2.17. The summed E-state index contributed by atoms with van der Waals surface area (Å²) in [5, 5.41) is 7.68. The van der Waals surface area contributed by atoms with Crippen LogP contribution in [0.2, 0.25) is 0 Å². The Bertz CT molecular complexity index is 736. The van der Waals surface area contributed by atoms with Crippen molar-refractivity contribution >= 4 is 17.0 Å². The zero-order valence-corrected chi connectivity index (χ0v) is 15.6. The highest BCUT2D eigenvalue weighted by Crippen LogP contribution is 2.34. The van der Waals surface area contributed by atoms with Crippen molar-refractivity contribution in [2.24, 2.45) is 13.0 Å². The highest BCUT2D eigenvalue weighted by atomic mass is 32.1. The summed E-state index contributed by atoms with van der Waals surface area (Å²) < 4.78 is 28.4. The molecule has 1 aliphatic rings. The van der Waals surface area contributed by atoms with Crippen LogP contribution < -0.4 is 5.32 Å². The number of hydrogen-bond acceptors (Lipinski definition) is 3. The number of aryl methyl sites for hydroxylation is 1. The van der Waals surface area contributed by atoms with E-state index in [1.165, 1.54) is 54.2 Å². The minimum absolute atomic E-state index is 0.0771. The standard InChI is InChI=1S/C19H25F2N3S/c1-13(22-12-14-7-5-4-6-8-14)16-9-10-17(25-16)15-11-18(19(2,20)21)24(3)23-15/h9-11,14,22H,1,4-8,12H2,2-3H3. The third-order valence-corrected chi connectivity index (χ3v) is 5.98. The van der Waals surface area contributed by atoms with Crippen molar-refractivity contribution in [3.8, 4) is 10.6 Å². The first-order valence-corrected chi connectivity index (χ1v) is 9.62. The number of nitrogens with zero attached hydrogens (tertiary/aromatic N) is 2. The Morgan fingerprint density at radius 1 is 1.36 bits per heavy atom. The zero-order valence-electron chi connectivity index (χ0n) is 14.8. The minimum Gasteiger partial charge on any atom is -0.384 e. The van der Waals surface area contributed by atoms with Crippen molar-refractivity contribution in [2.45, 2.75) is 45.0 Å². The topological polar surface area (TPSA) is 29.9 Å². The number of halogens is 2. The number of aromatic nitrogens is 2. The van der Waals surface area contributed by atoms with Crippen LogP contribution in [-0.2, 0) is 13.0 Å². The molecule has 6 heteroatoms. The van der Waals surface area contributed by atoms with Gasteiger partial charge in [-0.2, -0.15) is 13.9 Å². The summed E-state index contributed by atoms with van der Waals surface area (Å²) in [4.78, 5) is 1.91. The third kappa shape index (κ3) is 4.29. The number of alkyl halides is 2. The summed E-state index contributed by atoms with van der Waals surface area (Å²) in [6.45, 7) is 5.99. The van der Waals surface area contributed by atoms with Crippen LogP contribution in [0.15, 0.2) is 24.8 Å². The molecule has 3 nitrogen and oxygen atoms in total. The van der Waals surface area contributed by atoms with E-state index >= 15 is 0 Å². The number of nitrogens with one attached hydrogen (secondary N) is 1. The first-order chi connectivity index (χ1) is 11.8. The quantitative estimate of drug-likeness (QED) is 0.743. The maximum atomic E-state index is 13.6. The first kappa shape index (κ1) is 18.1. The summed E-state index contributed by atoms with van der Waals surface area (Å²) in [5.41, 5.74) is 1.40. The van der Waals surface area contributed by atoms with Gasteiger partial charge in [0.15, 0.2) is 0 Å². The third-order valence-electron chi connectivity index (χ3n) is 4.81. The fourth-order valence-electron chi connectivity index (χ4n) is 3.38. The van der Waals surface area contributed by atoms with Crippen molar-refractivity contribution in [3.63, 3.8) is 0 Å². The van der Waals surface area contributed by atoms with E-state index in [-0.39, 0.29) is 5.69 Å². The molecule has 1 fully saturated rings. The van der Waals surface area contributed by atoms with Crippen LogP contribution in [0.1, 0.15) is 49.6 Å². The van der Waals surface area contributed by atoms with E-state index in [1.54, 1.807) is 7.05 Å². The molecule has 2 heterocycles. The Balaban J connectivity index is 1.66. The van der Waals surface area contributed by atoms with Crippen LogP contribution in [-0.4, -0.2) is 16.3 Å². The predicted octanol–water partition coefficient (Wildman–Crippen LogP) is 5.40. The molecule has 3 rings (SSSR count). The second-order valence-corrected chi connectivity index (χ2v) is 8.04. The van der Waals surface area contributed by atoms with Gasteiger partial charge in [-0.25, -0.2) is 0 Å². The van der Waals surface area contributed by atoms with Gasteiger partial charge < -0.3 is 5.32 Å². The van der Waals surface area contributed by atoms with Crippen LogP contribution in [0, 0.1) is 5.92 Å².